The lowest BCUT2D eigenvalue weighted by molar-refractivity contribution is -0.116. The number of carbonyl (C=O) groups excluding carboxylic acids is 1. The second-order valence-corrected chi connectivity index (χ2v) is 5.69. The molecule has 0 unspecified atom stereocenters. The summed E-state index contributed by atoms with van der Waals surface area (Å²) in [5.41, 5.74) is 2.23. The smallest absolute Gasteiger partial charge is 0.243 e. The van der Waals surface area contributed by atoms with Crippen LogP contribution < -0.4 is 10.0 Å². The number of amides is 1. The molecule has 98 valence electrons. The van der Waals surface area contributed by atoms with E-state index in [9.17, 15) is 13.2 Å². The largest absolute Gasteiger partial charge is 0.348 e. The Bertz CT molecular complexity index is 565. The molecule has 1 rings (SSSR count). The summed E-state index contributed by atoms with van der Waals surface area (Å²) in [6, 6.07) is 5.24. The number of hydrogen-bond acceptors (Lipinski definition) is 3. The van der Waals surface area contributed by atoms with Gasteiger partial charge in [0, 0.05) is 6.54 Å². The van der Waals surface area contributed by atoms with Gasteiger partial charge >= 0.3 is 0 Å². The lowest BCUT2D eigenvalue weighted by atomic mass is 10.1. The molecule has 1 amide bonds. The molecule has 0 spiro atoms. The van der Waals surface area contributed by atoms with Gasteiger partial charge in [0.15, 0.2) is 0 Å². The van der Waals surface area contributed by atoms with Crippen molar-refractivity contribution in [1.29, 1.82) is 0 Å². The van der Waals surface area contributed by atoms with Crippen molar-refractivity contribution >= 4 is 21.6 Å². The summed E-state index contributed by atoms with van der Waals surface area (Å²) in [4.78, 5) is 11.0. The fourth-order valence-electron chi connectivity index (χ4n) is 1.41. The lowest BCUT2D eigenvalue weighted by Gasteiger charge is -2.10. The SMILES string of the molecule is C=CC(=O)NCc1ccc(NS(C)(=O)=O)c(C)c1. The summed E-state index contributed by atoms with van der Waals surface area (Å²) in [6.45, 7) is 5.53. The number of hydrogen-bond donors (Lipinski definition) is 2. The van der Waals surface area contributed by atoms with Crippen LogP contribution in [0.5, 0.6) is 0 Å². The maximum Gasteiger partial charge on any atom is 0.243 e. The average molecular weight is 268 g/mol. The highest BCUT2D eigenvalue weighted by Crippen LogP contribution is 2.17. The van der Waals surface area contributed by atoms with Crippen LogP contribution in [0.25, 0.3) is 0 Å². The predicted octanol–water partition coefficient (Wildman–Crippen LogP) is 1.17. The predicted molar refractivity (Wildman–Crippen MR) is 71.7 cm³/mol. The molecule has 0 heterocycles. The molecule has 0 saturated carbocycles. The number of anilines is 1. The Hall–Kier alpha value is -1.82. The van der Waals surface area contributed by atoms with Crippen LogP contribution in [0.3, 0.4) is 0 Å². The Labute approximate surface area is 107 Å². The number of aryl methyl sites for hydroxylation is 1. The van der Waals surface area contributed by atoms with Gasteiger partial charge in [-0.1, -0.05) is 18.7 Å². The number of nitrogens with one attached hydrogen (secondary N) is 2. The molecule has 0 saturated heterocycles. The van der Waals surface area contributed by atoms with Crippen molar-refractivity contribution in [3.8, 4) is 0 Å². The third-order valence-electron chi connectivity index (χ3n) is 2.24. The molecule has 5 nitrogen and oxygen atoms in total. The van der Waals surface area contributed by atoms with Gasteiger partial charge in [-0.2, -0.15) is 0 Å². The summed E-state index contributed by atoms with van der Waals surface area (Å²) >= 11 is 0. The van der Waals surface area contributed by atoms with Gasteiger partial charge in [-0.25, -0.2) is 8.42 Å². The van der Waals surface area contributed by atoms with E-state index in [1.54, 1.807) is 19.1 Å². The van der Waals surface area contributed by atoms with Gasteiger partial charge in [0.25, 0.3) is 0 Å². The Morgan fingerprint density at radius 1 is 1.44 bits per heavy atom. The molecule has 2 N–H and O–H groups in total. The lowest BCUT2D eigenvalue weighted by Crippen LogP contribution is -2.20. The van der Waals surface area contributed by atoms with Crippen molar-refractivity contribution in [3.05, 3.63) is 42.0 Å². The third-order valence-corrected chi connectivity index (χ3v) is 2.83. The Balaban J connectivity index is 2.79. The molecule has 6 heteroatoms. The van der Waals surface area contributed by atoms with Crippen LogP contribution in [-0.2, 0) is 21.4 Å². The Kier molecular flexibility index (Phi) is 4.49. The van der Waals surface area contributed by atoms with Gasteiger partial charge in [0.05, 0.1) is 11.9 Å². The van der Waals surface area contributed by atoms with Crippen LogP contribution >= 0.6 is 0 Å². The van der Waals surface area contributed by atoms with Crippen LogP contribution in [0.15, 0.2) is 30.9 Å². The van der Waals surface area contributed by atoms with Gasteiger partial charge < -0.3 is 5.32 Å². The van der Waals surface area contributed by atoms with E-state index in [2.05, 4.69) is 16.6 Å². The number of benzene rings is 1. The molecule has 0 radical (unpaired) electrons. The van der Waals surface area contributed by atoms with Crippen LogP contribution in [0.2, 0.25) is 0 Å². The first-order valence-corrected chi connectivity index (χ1v) is 7.18. The number of sulfonamides is 1. The minimum absolute atomic E-state index is 0.244. The molecule has 0 aliphatic carbocycles. The molecule has 0 aromatic heterocycles. The molecule has 1 aromatic carbocycles. The zero-order valence-electron chi connectivity index (χ0n) is 10.4. The summed E-state index contributed by atoms with van der Waals surface area (Å²) in [7, 11) is -3.28. The van der Waals surface area contributed by atoms with Gasteiger partial charge in [-0.3, -0.25) is 9.52 Å². The van der Waals surface area contributed by atoms with Crippen molar-refractivity contribution in [2.24, 2.45) is 0 Å². The molecule has 0 aliphatic rings. The molecule has 0 bridgehead atoms. The fraction of sp³-hybridized carbons (Fsp3) is 0.250. The maximum absolute atomic E-state index is 11.1. The first-order valence-electron chi connectivity index (χ1n) is 5.29. The second-order valence-electron chi connectivity index (χ2n) is 3.95. The monoisotopic (exact) mass is 268 g/mol. The van der Waals surface area contributed by atoms with Crippen LogP contribution in [-0.4, -0.2) is 20.6 Å². The van der Waals surface area contributed by atoms with E-state index < -0.39 is 10.0 Å². The van der Waals surface area contributed by atoms with E-state index in [4.69, 9.17) is 0 Å². The topological polar surface area (TPSA) is 75.3 Å². The van der Waals surface area contributed by atoms with Crippen LogP contribution in [0.1, 0.15) is 11.1 Å². The zero-order valence-corrected chi connectivity index (χ0v) is 11.2. The number of carbonyl (C=O) groups is 1. The van der Waals surface area contributed by atoms with Gasteiger partial charge in [-0.15, -0.1) is 0 Å². The standard InChI is InChI=1S/C12H16N2O3S/c1-4-12(15)13-8-10-5-6-11(9(2)7-10)14-18(3,16)17/h4-7,14H,1,8H2,2-3H3,(H,13,15). The van der Waals surface area contributed by atoms with E-state index in [1.165, 1.54) is 6.08 Å². The molecular formula is C12H16N2O3S. The molecule has 18 heavy (non-hydrogen) atoms. The molecule has 0 fully saturated rings. The average Bonchev–Trinajstić information content (AvgIpc) is 2.27. The Morgan fingerprint density at radius 3 is 2.61 bits per heavy atom. The highest BCUT2D eigenvalue weighted by Gasteiger charge is 2.05. The minimum atomic E-state index is -3.28. The molecule has 0 aliphatic heterocycles. The minimum Gasteiger partial charge on any atom is -0.348 e. The summed E-state index contributed by atoms with van der Waals surface area (Å²) in [6.07, 6.45) is 2.30. The maximum atomic E-state index is 11.1. The third kappa shape index (κ3) is 4.58. The molecular weight excluding hydrogens is 252 g/mol. The van der Waals surface area contributed by atoms with Crippen molar-refractivity contribution in [3.63, 3.8) is 0 Å². The number of rotatable bonds is 5. The van der Waals surface area contributed by atoms with Crippen molar-refractivity contribution in [1.82, 2.24) is 5.32 Å². The van der Waals surface area contributed by atoms with Crippen molar-refractivity contribution < 1.29 is 13.2 Å². The zero-order chi connectivity index (χ0) is 13.8. The molecule has 1 aromatic rings. The second kappa shape index (κ2) is 5.68. The van der Waals surface area contributed by atoms with Gasteiger partial charge in [0.1, 0.15) is 0 Å². The first-order chi connectivity index (χ1) is 8.31. The van der Waals surface area contributed by atoms with Crippen LogP contribution in [0.4, 0.5) is 5.69 Å². The summed E-state index contributed by atoms with van der Waals surface area (Å²) in [5, 5.41) is 2.65. The van der Waals surface area contributed by atoms with E-state index >= 15 is 0 Å². The highest BCUT2D eigenvalue weighted by molar-refractivity contribution is 7.92. The van der Waals surface area contributed by atoms with Crippen molar-refractivity contribution in [2.75, 3.05) is 11.0 Å². The van der Waals surface area contributed by atoms with E-state index in [1.807, 2.05) is 6.07 Å². The normalized spacial score (nSPS) is 10.8. The van der Waals surface area contributed by atoms with Crippen LogP contribution in [0, 0.1) is 6.92 Å². The quantitative estimate of drug-likeness (QED) is 0.787. The molecule has 0 atom stereocenters. The van der Waals surface area contributed by atoms with Gasteiger partial charge in [0.2, 0.25) is 15.9 Å². The first kappa shape index (κ1) is 14.2. The van der Waals surface area contributed by atoms with E-state index in [-0.39, 0.29) is 5.91 Å². The fourth-order valence-corrected chi connectivity index (χ4v) is 2.04. The van der Waals surface area contributed by atoms with Crippen molar-refractivity contribution in [2.45, 2.75) is 13.5 Å². The summed E-state index contributed by atoms with van der Waals surface area (Å²) < 4.78 is 24.6. The highest BCUT2D eigenvalue weighted by atomic mass is 32.2. The Morgan fingerprint density at radius 2 is 2.11 bits per heavy atom. The van der Waals surface area contributed by atoms with E-state index in [0.29, 0.717) is 12.2 Å². The summed E-state index contributed by atoms with van der Waals surface area (Å²) in [5.74, 6) is -0.244. The van der Waals surface area contributed by atoms with E-state index in [0.717, 1.165) is 17.4 Å². The van der Waals surface area contributed by atoms with Gasteiger partial charge in [-0.05, 0) is 30.2 Å².